The Bertz CT molecular complexity index is 1130. The number of ether oxygens (including phenoxy) is 3. The third-order valence-corrected chi connectivity index (χ3v) is 6.30. The summed E-state index contributed by atoms with van der Waals surface area (Å²) in [6.45, 7) is 11.9. The molecule has 0 aliphatic rings. The van der Waals surface area contributed by atoms with Gasteiger partial charge in [-0.3, -0.25) is 24.4 Å². The predicted molar refractivity (Wildman–Crippen MR) is 178 cm³/mol. The first-order valence-electron chi connectivity index (χ1n) is 15.3. The van der Waals surface area contributed by atoms with Gasteiger partial charge >= 0.3 is 5.97 Å². The Balaban J connectivity index is 0.000000460. The van der Waals surface area contributed by atoms with Gasteiger partial charge in [0.2, 0.25) is 5.91 Å². The second-order valence-electron chi connectivity index (χ2n) is 10.8. The number of methoxy groups -OCH3 is 1. The van der Waals surface area contributed by atoms with Crippen LogP contribution >= 0.6 is 0 Å². The highest BCUT2D eigenvalue weighted by Gasteiger charge is 2.20. The van der Waals surface area contributed by atoms with Crippen LogP contribution in [0.4, 0.5) is 11.4 Å². The minimum Gasteiger partial charge on any atom is -0.469 e. The smallest absolute Gasteiger partial charge is 0.305 e. The van der Waals surface area contributed by atoms with E-state index in [1.165, 1.54) is 7.11 Å². The van der Waals surface area contributed by atoms with E-state index in [4.69, 9.17) is 14.7 Å². The summed E-state index contributed by atoms with van der Waals surface area (Å²) in [4.78, 5) is 46.7. The Hall–Kier alpha value is -4.32. The fraction of sp³-hybridized carbons (Fsp3) is 0.429. The predicted octanol–water partition coefficient (Wildman–Crippen LogP) is 5.97. The molecule has 3 amide bonds. The first-order chi connectivity index (χ1) is 22.0. The van der Waals surface area contributed by atoms with E-state index in [-0.39, 0.29) is 24.2 Å². The maximum atomic E-state index is 12.4. The van der Waals surface area contributed by atoms with E-state index in [0.29, 0.717) is 63.8 Å². The molecule has 11 heteroatoms. The fourth-order valence-corrected chi connectivity index (χ4v) is 3.93. The Kier molecular flexibility index (Phi) is 20.7. The number of hydroxylamine groups is 1. The molecule has 0 radical (unpaired) electrons. The number of para-hydroxylation sites is 2. The van der Waals surface area contributed by atoms with Crippen molar-refractivity contribution in [3.8, 4) is 0 Å². The summed E-state index contributed by atoms with van der Waals surface area (Å²) < 4.78 is 15.9. The van der Waals surface area contributed by atoms with E-state index in [2.05, 4.69) is 28.5 Å². The molecule has 0 bridgehead atoms. The number of hydrogen-bond donors (Lipinski definition) is 4. The first kappa shape index (κ1) is 39.7. The van der Waals surface area contributed by atoms with Crippen LogP contribution in [0.25, 0.3) is 0 Å². The average molecular weight is 640 g/mol. The highest BCUT2D eigenvalue weighted by atomic mass is 16.5. The molecule has 0 saturated carbocycles. The monoisotopic (exact) mass is 639 g/mol. The van der Waals surface area contributed by atoms with Gasteiger partial charge in [-0.25, -0.2) is 5.48 Å². The van der Waals surface area contributed by atoms with Gasteiger partial charge in [-0.1, -0.05) is 60.7 Å². The van der Waals surface area contributed by atoms with Crippen LogP contribution in [0.3, 0.4) is 0 Å². The molecule has 0 saturated heterocycles. The number of benzene rings is 2. The van der Waals surface area contributed by atoms with Crippen LogP contribution in [-0.2, 0) is 33.4 Å². The van der Waals surface area contributed by atoms with Crippen LogP contribution in [0.2, 0.25) is 0 Å². The molecular weight excluding hydrogens is 590 g/mol. The lowest BCUT2D eigenvalue weighted by atomic mass is 10.1. The third kappa shape index (κ3) is 19.1. The van der Waals surface area contributed by atoms with Crippen molar-refractivity contribution in [3.05, 3.63) is 85.0 Å². The molecule has 46 heavy (non-hydrogen) atoms. The van der Waals surface area contributed by atoms with Gasteiger partial charge in [-0.05, 0) is 76.6 Å². The third-order valence-electron chi connectivity index (χ3n) is 6.30. The van der Waals surface area contributed by atoms with Gasteiger partial charge in [-0.2, -0.15) is 0 Å². The van der Waals surface area contributed by atoms with E-state index in [9.17, 15) is 19.2 Å². The number of amides is 3. The summed E-state index contributed by atoms with van der Waals surface area (Å²) >= 11 is 0. The zero-order valence-corrected chi connectivity index (χ0v) is 27.2. The lowest BCUT2D eigenvalue weighted by molar-refractivity contribution is -0.140. The molecule has 11 nitrogen and oxygen atoms in total. The average Bonchev–Trinajstić information content (AvgIpc) is 3.04. The largest absolute Gasteiger partial charge is 0.469 e. The molecule has 2 aromatic rings. The minimum absolute atomic E-state index is 0.185. The van der Waals surface area contributed by atoms with E-state index >= 15 is 0 Å². The summed E-state index contributed by atoms with van der Waals surface area (Å²) in [6.07, 6.45) is 3.00. The van der Waals surface area contributed by atoms with Gasteiger partial charge in [0, 0.05) is 24.2 Å². The first-order valence-corrected chi connectivity index (χ1v) is 15.3. The molecule has 0 aromatic heterocycles. The SMILES string of the molecule is C=C(C)COC(CCCCC(=O)NO)C(=O)Nc1ccccc1.C=C(C)COC(CCCCC(=O)OC)C(=O)Nc1ccccc1. The lowest BCUT2D eigenvalue weighted by Crippen LogP contribution is -2.31. The zero-order valence-electron chi connectivity index (χ0n) is 27.2. The quantitative estimate of drug-likeness (QED) is 0.0455. The van der Waals surface area contributed by atoms with Gasteiger partial charge in [0.25, 0.3) is 11.8 Å². The molecule has 2 unspecified atom stereocenters. The zero-order chi connectivity index (χ0) is 34.2. The fourth-order valence-electron chi connectivity index (χ4n) is 3.93. The van der Waals surface area contributed by atoms with Crippen LogP contribution in [-0.4, -0.2) is 61.4 Å². The van der Waals surface area contributed by atoms with Crippen molar-refractivity contribution in [2.75, 3.05) is 31.0 Å². The van der Waals surface area contributed by atoms with Gasteiger partial charge in [0.15, 0.2) is 0 Å². The van der Waals surface area contributed by atoms with Crippen molar-refractivity contribution >= 4 is 35.1 Å². The number of nitrogens with one attached hydrogen (secondary N) is 3. The second-order valence-corrected chi connectivity index (χ2v) is 10.8. The number of hydrogen-bond acceptors (Lipinski definition) is 8. The van der Waals surface area contributed by atoms with E-state index in [1.54, 1.807) is 17.6 Å². The maximum Gasteiger partial charge on any atom is 0.305 e. The summed E-state index contributed by atoms with van der Waals surface area (Å²) in [7, 11) is 1.37. The van der Waals surface area contributed by atoms with Crippen LogP contribution < -0.4 is 16.1 Å². The van der Waals surface area contributed by atoms with Crippen LogP contribution in [0.5, 0.6) is 0 Å². The van der Waals surface area contributed by atoms with Crippen molar-refractivity contribution in [3.63, 3.8) is 0 Å². The Morgan fingerprint density at radius 1 is 0.696 bits per heavy atom. The standard InChI is InChI=1S/C18H25NO4.C17H24N2O4/c1-14(2)13-23-16(11-7-8-12-17(20)22-3)18(21)19-15-9-5-4-6-10-15;1-13(2)12-23-15(10-6-7-11-16(20)19-22)17(21)18-14-8-4-3-5-9-14/h4-6,9-10,16H,1,7-8,11-13H2,2-3H3,(H,19,21);3-5,8-9,15,22H,1,6-7,10-12H2,2H3,(H,18,21)(H,19,20). The number of carbonyl (C=O) groups excluding carboxylic acids is 4. The van der Waals surface area contributed by atoms with Crippen LogP contribution in [0.15, 0.2) is 85.0 Å². The Labute approximate surface area is 272 Å². The molecule has 0 aliphatic carbocycles. The molecule has 2 rings (SSSR count). The van der Waals surface area contributed by atoms with Crippen LogP contribution in [0, 0.1) is 0 Å². The number of carbonyl (C=O) groups is 4. The molecule has 0 fully saturated rings. The number of anilines is 2. The lowest BCUT2D eigenvalue weighted by Gasteiger charge is -2.17. The van der Waals surface area contributed by atoms with E-state index in [0.717, 1.165) is 16.8 Å². The number of unbranched alkanes of at least 4 members (excludes halogenated alkanes) is 2. The molecule has 0 heterocycles. The van der Waals surface area contributed by atoms with E-state index < -0.39 is 18.1 Å². The Morgan fingerprint density at radius 2 is 1.11 bits per heavy atom. The van der Waals surface area contributed by atoms with Crippen molar-refractivity contribution < 1.29 is 38.6 Å². The molecule has 2 aromatic carbocycles. The van der Waals surface area contributed by atoms with Crippen molar-refractivity contribution in [2.45, 2.75) is 77.4 Å². The molecule has 0 spiro atoms. The van der Waals surface area contributed by atoms with Crippen molar-refractivity contribution in [1.82, 2.24) is 5.48 Å². The van der Waals surface area contributed by atoms with Gasteiger partial charge in [0.1, 0.15) is 12.2 Å². The molecule has 2 atom stereocenters. The summed E-state index contributed by atoms with van der Waals surface area (Å²) in [5.41, 5.74) is 4.72. The van der Waals surface area contributed by atoms with Gasteiger partial charge in [-0.15, -0.1) is 0 Å². The van der Waals surface area contributed by atoms with Crippen LogP contribution in [0.1, 0.15) is 65.2 Å². The topological polar surface area (TPSA) is 152 Å². The number of esters is 1. The Morgan fingerprint density at radius 3 is 1.48 bits per heavy atom. The highest BCUT2D eigenvalue weighted by molar-refractivity contribution is 5.94. The summed E-state index contributed by atoms with van der Waals surface area (Å²) in [6, 6.07) is 18.4. The van der Waals surface area contributed by atoms with Crippen molar-refractivity contribution in [2.24, 2.45) is 0 Å². The summed E-state index contributed by atoms with van der Waals surface area (Å²) in [5, 5.41) is 14.1. The molecule has 4 N–H and O–H groups in total. The molecular formula is C35H49N3O8. The highest BCUT2D eigenvalue weighted by Crippen LogP contribution is 2.14. The van der Waals surface area contributed by atoms with Gasteiger partial charge in [0.05, 0.1) is 20.3 Å². The minimum atomic E-state index is -0.607. The molecule has 252 valence electrons. The maximum absolute atomic E-state index is 12.4. The second kappa shape index (κ2) is 24.0. The normalized spacial score (nSPS) is 11.6. The molecule has 0 aliphatic heterocycles. The van der Waals surface area contributed by atoms with E-state index in [1.807, 2.05) is 62.4 Å². The van der Waals surface area contributed by atoms with Crippen molar-refractivity contribution in [1.29, 1.82) is 0 Å². The number of rotatable bonds is 20. The summed E-state index contributed by atoms with van der Waals surface area (Å²) in [5.74, 6) is -1.07. The van der Waals surface area contributed by atoms with Gasteiger partial charge < -0.3 is 24.8 Å².